The smallest absolute Gasteiger partial charge is 0.423 e. The van der Waals surface area contributed by atoms with E-state index in [4.69, 9.17) is 10.5 Å². The van der Waals surface area contributed by atoms with Gasteiger partial charge in [-0.05, 0) is 31.4 Å². The molecule has 1 aliphatic rings. The SMILES string of the molecule is NC1CCCC1Oc1ccc([N+](=O)[O-])c(C(F)(F)F)c1. The molecule has 1 aromatic carbocycles. The highest BCUT2D eigenvalue weighted by atomic mass is 19.4. The van der Waals surface area contributed by atoms with Gasteiger partial charge in [-0.3, -0.25) is 10.1 Å². The van der Waals surface area contributed by atoms with Crippen LogP contribution >= 0.6 is 0 Å². The summed E-state index contributed by atoms with van der Waals surface area (Å²) in [6.07, 6.45) is -2.88. The lowest BCUT2D eigenvalue weighted by Crippen LogP contribution is -2.33. The molecule has 20 heavy (non-hydrogen) atoms. The molecule has 0 amide bonds. The number of alkyl halides is 3. The lowest BCUT2D eigenvalue weighted by molar-refractivity contribution is -0.388. The summed E-state index contributed by atoms with van der Waals surface area (Å²) in [5.74, 6) is -0.0507. The zero-order valence-electron chi connectivity index (χ0n) is 10.4. The van der Waals surface area contributed by atoms with E-state index in [0.29, 0.717) is 12.5 Å². The molecule has 1 aliphatic carbocycles. The molecular formula is C12H13F3N2O3. The molecule has 0 aromatic heterocycles. The molecule has 0 heterocycles. The number of nitro groups is 1. The lowest BCUT2D eigenvalue weighted by Gasteiger charge is -2.18. The van der Waals surface area contributed by atoms with Crippen molar-refractivity contribution in [3.05, 3.63) is 33.9 Å². The second-order valence-electron chi connectivity index (χ2n) is 4.68. The third-order valence-corrected chi connectivity index (χ3v) is 3.26. The van der Waals surface area contributed by atoms with Crippen LogP contribution in [0.1, 0.15) is 24.8 Å². The van der Waals surface area contributed by atoms with Crippen LogP contribution in [0.5, 0.6) is 5.75 Å². The number of nitrogens with two attached hydrogens (primary N) is 1. The van der Waals surface area contributed by atoms with Crippen molar-refractivity contribution in [2.45, 2.75) is 37.6 Å². The quantitative estimate of drug-likeness (QED) is 0.685. The third kappa shape index (κ3) is 3.01. The monoisotopic (exact) mass is 290 g/mol. The standard InChI is InChI=1S/C12H13F3N2O3/c13-12(14,15)8-6-7(4-5-10(8)17(18)19)20-11-3-1-2-9(11)16/h4-6,9,11H,1-3,16H2. The fraction of sp³-hybridized carbons (Fsp3) is 0.500. The minimum Gasteiger partial charge on any atom is -0.489 e. The maximum atomic E-state index is 12.8. The molecule has 2 atom stereocenters. The van der Waals surface area contributed by atoms with E-state index in [9.17, 15) is 23.3 Å². The Bertz CT molecular complexity index is 519. The van der Waals surface area contributed by atoms with Gasteiger partial charge in [-0.2, -0.15) is 13.2 Å². The van der Waals surface area contributed by atoms with E-state index in [1.54, 1.807) is 0 Å². The molecule has 0 spiro atoms. The van der Waals surface area contributed by atoms with E-state index >= 15 is 0 Å². The molecule has 0 saturated heterocycles. The average Bonchev–Trinajstić information content (AvgIpc) is 2.73. The number of halogens is 3. The van der Waals surface area contributed by atoms with E-state index in [1.165, 1.54) is 6.07 Å². The van der Waals surface area contributed by atoms with Gasteiger partial charge in [-0.1, -0.05) is 0 Å². The predicted molar refractivity (Wildman–Crippen MR) is 64.3 cm³/mol. The van der Waals surface area contributed by atoms with Crippen molar-refractivity contribution in [3.63, 3.8) is 0 Å². The Balaban J connectivity index is 2.30. The van der Waals surface area contributed by atoms with Crippen molar-refractivity contribution in [1.29, 1.82) is 0 Å². The molecule has 0 bridgehead atoms. The fourth-order valence-corrected chi connectivity index (χ4v) is 2.25. The normalized spacial score (nSPS) is 22.8. The topological polar surface area (TPSA) is 78.4 Å². The number of benzene rings is 1. The Morgan fingerprint density at radius 3 is 2.55 bits per heavy atom. The number of ether oxygens (including phenoxy) is 1. The van der Waals surface area contributed by atoms with Crippen LogP contribution in [0, 0.1) is 10.1 Å². The van der Waals surface area contributed by atoms with Crippen LogP contribution in [0.25, 0.3) is 0 Å². The molecule has 2 N–H and O–H groups in total. The summed E-state index contributed by atoms with van der Waals surface area (Å²) >= 11 is 0. The molecule has 1 aromatic rings. The summed E-state index contributed by atoms with van der Waals surface area (Å²) in [6, 6.07) is 2.40. The first-order valence-corrected chi connectivity index (χ1v) is 6.07. The predicted octanol–water partition coefficient (Wildman–Crippen LogP) is 2.87. The average molecular weight is 290 g/mol. The van der Waals surface area contributed by atoms with Gasteiger partial charge < -0.3 is 10.5 Å². The van der Waals surface area contributed by atoms with Gasteiger partial charge in [-0.15, -0.1) is 0 Å². The van der Waals surface area contributed by atoms with Crippen LogP contribution in [0.3, 0.4) is 0 Å². The molecule has 2 unspecified atom stereocenters. The first-order valence-electron chi connectivity index (χ1n) is 6.07. The third-order valence-electron chi connectivity index (χ3n) is 3.26. The molecule has 0 radical (unpaired) electrons. The first-order chi connectivity index (χ1) is 9.29. The Morgan fingerprint density at radius 1 is 1.35 bits per heavy atom. The molecular weight excluding hydrogens is 277 g/mol. The second kappa shape index (κ2) is 5.28. The Kier molecular flexibility index (Phi) is 3.85. The molecule has 0 aliphatic heterocycles. The van der Waals surface area contributed by atoms with Crippen LogP contribution in [-0.2, 0) is 6.18 Å². The Hall–Kier alpha value is -1.83. The fourth-order valence-electron chi connectivity index (χ4n) is 2.25. The van der Waals surface area contributed by atoms with Crippen LogP contribution in [-0.4, -0.2) is 17.1 Å². The van der Waals surface area contributed by atoms with E-state index in [-0.39, 0.29) is 17.9 Å². The second-order valence-corrected chi connectivity index (χ2v) is 4.68. The van der Waals surface area contributed by atoms with Crippen molar-refractivity contribution in [2.75, 3.05) is 0 Å². The van der Waals surface area contributed by atoms with Crippen LogP contribution in [0.2, 0.25) is 0 Å². The van der Waals surface area contributed by atoms with Gasteiger partial charge in [0.2, 0.25) is 0 Å². The summed E-state index contributed by atoms with van der Waals surface area (Å²) in [5, 5.41) is 10.6. The highest BCUT2D eigenvalue weighted by Gasteiger charge is 2.39. The number of nitrogens with zero attached hydrogens (tertiary/aromatic N) is 1. The number of rotatable bonds is 3. The van der Waals surface area contributed by atoms with Crippen LogP contribution in [0.15, 0.2) is 18.2 Å². The van der Waals surface area contributed by atoms with E-state index < -0.39 is 22.4 Å². The summed E-state index contributed by atoms with van der Waals surface area (Å²) < 4.78 is 43.8. The Morgan fingerprint density at radius 2 is 2.05 bits per heavy atom. The van der Waals surface area contributed by atoms with Crippen LogP contribution in [0.4, 0.5) is 18.9 Å². The van der Waals surface area contributed by atoms with Crippen molar-refractivity contribution in [2.24, 2.45) is 5.73 Å². The molecule has 1 saturated carbocycles. The molecule has 2 rings (SSSR count). The van der Waals surface area contributed by atoms with E-state index in [0.717, 1.165) is 18.9 Å². The summed E-state index contributed by atoms with van der Waals surface area (Å²) in [7, 11) is 0. The number of nitro benzene ring substituents is 1. The summed E-state index contributed by atoms with van der Waals surface area (Å²) in [4.78, 5) is 9.56. The van der Waals surface area contributed by atoms with Gasteiger partial charge in [0.1, 0.15) is 17.4 Å². The van der Waals surface area contributed by atoms with Crippen molar-refractivity contribution < 1.29 is 22.8 Å². The molecule has 8 heteroatoms. The largest absolute Gasteiger partial charge is 0.489 e. The van der Waals surface area contributed by atoms with Crippen molar-refractivity contribution in [1.82, 2.24) is 0 Å². The zero-order valence-corrected chi connectivity index (χ0v) is 10.4. The zero-order chi connectivity index (χ0) is 14.9. The Labute approximate surface area is 112 Å². The lowest BCUT2D eigenvalue weighted by atomic mass is 10.1. The molecule has 1 fully saturated rings. The maximum absolute atomic E-state index is 12.8. The molecule has 5 nitrogen and oxygen atoms in total. The highest BCUT2D eigenvalue weighted by molar-refractivity contribution is 5.47. The van der Waals surface area contributed by atoms with Crippen LogP contribution < -0.4 is 10.5 Å². The van der Waals surface area contributed by atoms with Crippen molar-refractivity contribution in [3.8, 4) is 5.75 Å². The number of hydrogen-bond donors (Lipinski definition) is 1. The highest BCUT2D eigenvalue weighted by Crippen LogP contribution is 2.38. The van der Waals surface area contributed by atoms with Gasteiger partial charge >= 0.3 is 6.18 Å². The first kappa shape index (κ1) is 14.6. The van der Waals surface area contributed by atoms with Gasteiger partial charge in [0, 0.05) is 12.1 Å². The molecule has 110 valence electrons. The van der Waals surface area contributed by atoms with E-state index in [1.807, 2.05) is 0 Å². The maximum Gasteiger partial charge on any atom is 0.423 e. The van der Waals surface area contributed by atoms with Gasteiger partial charge in [0.15, 0.2) is 0 Å². The minimum atomic E-state index is -4.81. The van der Waals surface area contributed by atoms with Gasteiger partial charge in [0.05, 0.1) is 4.92 Å². The number of hydrogen-bond acceptors (Lipinski definition) is 4. The minimum absolute atomic E-state index is 0.0507. The van der Waals surface area contributed by atoms with Gasteiger partial charge in [0.25, 0.3) is 5.69 Å². The van der Waals surface area contributed by atoms with Gasteiger partial charge in [-0.25, -0.2) is 0 Å². The summed E-state index contributed by atoms with van der Waals surface area (Å²) in [6.45, 7) is 0. The summed E-state index contributed by atoms with van der Waals surface area (Å²) in [5.41, 5.74) is 3.47. The van der Waals surface area contributed by atoms with Crippen molar-refractivity contribution >= 4 is 5.69 Å². The van der Waals surface area contributed by atoms with E-state index in [2.05, 4.69) is 0 Å².